The lowest BCUT2D eigenvalue weighted by atomic mass is 10.1. The van der Waals surface area contributed by atoms with Crippen molar-refractivity contribution in [2.24, 2.45) is 0 Å². The quantitative estimate of drug-likeness (QED) is 0.406. The summed E-state index contributed by atoms with van der Waals surface area (Å²) in [4.78, 5) is 9.90. The molecule has 0 saturated carbocycles. The molecule has 3 heteroatoms. The molecule has 0 aliphatic rings. The van der Waals surface area contributed by atoms with Crippen molar-refractivity contribution in [2.75, 3.05) is 13.2 Å². The van der Waals surface area contributed by atoms with E-state index in [1.165, 1.54) is 25.7 Å². The number of carbonyl (C=O) groups excluding carboxylic acids is 1. The summed E-state index contributed by atoms with van der Waals surface area (Å²) >= 11 is 0. The Balaban J connectivity index is 2.81. The van der Waals surface area contributed by atoms with Crippen molar-refractivity contribution in [2.45, 2.75) is 51.4 Å². The molecule has 0 radical (unpaired) electrons. The highest BCUT2D eigenvalue weighted by molar-refractivity contribution is 5.45. The van der Waals surface area contributed by atoms with E-state index >= 15 is 0 Å². The third kappa shape index (κ3) is 11.4. The van der Waals surface area contributed by atoms with Gasteiger partial charge in [0.25, 0.3) is 0 Å². The van der Waals surface area contributed by atoms with Gasteiger partial charge in [0.2, 0.25) is 6.41 Å². The minimum atomic E-state index is -0.169. The Labute approximate surface area is 86.3 Å². The molecule has 84 valence electrons. The third-order valence-corrected chi connectivity index (χ3v) is 2.29. The topological polar surface area (TPSA) is 29.1 Å². The number of carbonyl (C=O) groups is 1. The third-order valence-electron chi connectivity index (χ3n) is 2.29. The zero-order valence-electron chi connectivity index (χ0n) is 8.93. The maximum Gasteiger partial charge on any atom is 0.207 e. The fraction of sp³-hybridized carbons (Fsp3) is 0.909. The van der Waals surface area contributed by atoms with Gasteiger partial charge in [0.05, 0.1) is 6.67 Å². The molecule has 2 nitrogen and oxygen atoms in total. The number of rotatable bonds is 11. The van der Waals surface area contributed by atoms with E-state index in [0.717, 1.165) is 38.6 Å². The van der Waals surface area contributed by atoms with Crippen LogP contribution in [0.25, 0.3) is 0 Å². The predicted molar refractivity (Wildman–Crippen MR) is 57.0 cm³/mol. The standard InChI is InChI=1S/C11H22FNO/c12-9-7-5-3-1-2-4-6-8-10-13-11-14/h11H,1-10H2,(H,13,14). The van der Waals surface area contributed by atoms with E-state index in [4.69, 9.17) is 0 Å². The monoisotopic (exact) mass is 203 g/mol. The van der Waals surface area contributed by atoms with Crippen LogP contribution in [-0.2, 0) is 4.79 Å². The average Bonchev–Trinajstić information content (AvgIpc) is 2.21. The van der Waals surface area contributed by atoms with Crippen LogP contribution in [0.2, 0.25) is 0 Å². The Bertz CT molecular complexity index is 120. The van der Waals surface area contributed by atoms with Gasteiger partial charge in [-0.1, -0.05) is 38.5 Å². The molecule has 0 aromatic carbocycles. The summed E-state index contributed by atoms with van der Waals surface area (Å²) in [7, 11) is 0. The fourth-order valence-corrected chi connectivity index (χ4v) is 1.44. The summed E-state index contributed by atoms with van der Waals surface area (Å²) in [6, 6.07) is 0. The van der Waals surface area contributed by atoms with Gasteiger partial charge in [0.1, 0.15) is 0 Å². The number of hydrogen-bond acceptors (Lipinski definition) is 1. The molecule has 1 N–H and O–H groups in total. The van der Waals surface area contributed by atoms with Crippen LogP contribution in [0.4, 0.5) is 4.39 Å². The van der Waals surface area contributed by atoms with Crippen molar-refractivity contribution in [1.29, 1.82) is 0 Å². The molecule has 0 fully saturated rings. The highest BCUT2D eigenvalue weighted by Gasteiger charge is 1.91. The number of amides is 1. The molecule has 0 aliphatic carbocycles. The molecule has 0 aliphatic heterocycles. The van der Waals surface area contributed by atoms with Crippen LogP contribution in [0.5, 0.6) is 0 Å². The van der Waals surface area contributed by atoms with Gasteiger partial charge in [-0.25, -0.2) is 0 Å². The molecular formula is C11H22FNO. The molecule has 0 spiro atoms. The lowest BCUT2D eigenvalue weighted by Gasteiger charge is -2.01. The zero-order chi connectivity index (χ0) is 10.5. The van der Waals surface area contributed by atoms with Gasteiger partial charge in [-0.05, 0) is 12.8 Å². The Hall–Kier alpha value is -0.600. The largest absolute Gasteiger partial charge is 0.359 e. The summed E-state index contributed by atoms with van der Waals surface area (Å²) in [5.41, 5.74) is 0. The summed E-state index contributed by atoms with van der Waals surface area (Å²) in [6.07, 6.45) is 9.62. The highest BCUT2D eigenvalue weighted by Crippen LogP contribution is 2.08. The van der Waals surface area contributed by atoms with E-state index in [1.54, 1.807) is 0 Å². The van der Waals surface area contributed by atoms with Crippen LogP contribution in [0, 0.1) is 0 Å². The molecule has 0 saturated heterocycles. The van der Waals surface area contributed by atoms with Crippen LogP contribution < -0.4 is 5.32 Å². The van der Waals surface area contributed by atoms with Crippen molar-refractivity contribution in [3.8, 4) is 0 Å². The summed E-state index contributed by atoms with van der Waals surface area (Å²) in [5.74, 6) is 0. The van der Waals surface area contributed by atoms with E-state index in [-0.39, 0.29) is 6.67 Å². The minimum absolute atomic E-state index is 0.169. The number of nitrogens with one attached hydrogen (secondary N) is 1. The van der Waals surface area contributed by atoms with Gasteiger partial charge in [-0.3, -0.25) is 9.18 Å². The molecule has 1 amide bonds. The lowest BCUT2D eigenvalue weighted by molar-refractivity contribution is -0.109. The normalized spacial score (nSPS) is 10.1. The molecule has 0 aromatic heterocycles. The fourth-order valence-electron chi connectivity index (χ4n) is 1.44. The van der Waals surface area contributed by atoms with Gasteiger partial charge in [0, 0.05) is 6.54 Å². The number of hydrogen-bond donors (Lipinski definition) is 1. The second-order valence-corrected chi connectivity index (χ2v) is 3.59. The molecule has 14 heavy (non-hydrogen) atoms. The number of alkyl halides is 1. The summed E-state index contributed by atoms with van der Waals surface area (Å²) in [5, 5.41) is 2.64. The van der Waals surface area contributed by atoms with Crippen LogP contribution in [0.15, 0.2) is 0 Å². The number of unbranched alkanes of at least 4 members (excludes halogenated alkanes) is 7. The van der Waals surface area contributed by atoms with Gasteiger partial charge in [-0.15, -0.1) is 0 Å². The molecule has 0 rings (SSSR count). The smallest absolute Gasteiger partial charge is 0.207 e. The van der Waals surface area contributed by atoms with E-state index in [2.05, 4.69) is 5.32 Å². The zero-order valence-corrected chi connectivity index (χ0v) is 8.93. The first-order valence-corrected chi connectivity index (χ1v) is 5.65. The average molecular weight is 203 g/mol. The Morgan fingerprint density at radius 2 is 1.36 bits per heavy atom. The molecule has 0 atom stereocenters. The highest BCUT2D eigenvalue weighted by atomic mass is 19.1. The first kappa shape index (κ1) is 13.4. The molecule has 0 bridgehead atoms. The summed E-state index contributed by atoms with van der Waals surface area (Å²) < 4.78 is 11.7. The Morgan fingerprint density at radius 3 is 1.86 bits per heavy atom. The lowest BCUT2D eigenvalue weighted by Crippen LogP contribution is -2.11. The van der Waals surface area contributed by atoms with Crippen molar-refractivity contribution in [1.82, 2.24) is 5.32 Å². The van der Waals surface area contributed by atoms with Crippen molar-refractivity contribution >= 4 is 6.41 Å². The minimum Gasteiger partial charge on any atom is -0.359 e. The van der Waals surface area contributed by atoms with E-state index in [0.29, 0.717) is 0 Å². The molecule has 0 unspecified atom stereocenters. The predicted octanol–water partition coefficient (Wildman–Crippen LogP) is 2.82. The van der Waals surface area contributed by atoms with Crippen molar-refractivity contribution in [3.05, 3.63) is 0 Å². The van der Waals surface area contributed by atoms with Crippen LogP contribution >= 0.6 is 0 Å². The maximum atomic E-state index is 11.7. The Kier molecular flexibility index (Phi) is 11.9. The van der Waals surface area contributed by atoms with E-state index in [9.17, 15) is 9.18 Å². The Morgan fingerprint density at radius 1 is 0.857 bits per heavy atom. The van der Waals surface area contributed by atoms with Gasteiger partial charge >= 0.3 is 0 Å². The molecular weight excluding hydrogens is 181 g/mol. The van der Waals surface area contributed by atoms with Gasteiger partial charge in [0.15, 0.2) is 0 Å². The van der Waals surface area contributed by atoms with Gasteiger partial charge in [-0.2, -0.15) is 0 Å². The van der Waals surface area contributed by atoms with Gasteiger partial charge < -0.3 is 5.32 Å². The van der Waals surface area contributed by atoms with Crippen molar-refractivity contribution < 1.29 is 9.18 Å². The second kappa shape index (κ2) is 12.4. The molecule has 0 heterocycles. The first-order chi connectivity index (χ1) is 6.91. The first-order valence-electron chi connectivity index (χ1n) is 5.65. The van der Waals surface area contributed by atoms with Crippen LogP contribution in [0.3, 0.4) is 0 Å². The van der Waals surface area contributed by atoms with E-state index in [1.807, 2.05) is 0 Å². The second-order valence-electron chi connectivity index (χ2n) is 3.59. The van der Waals surface area contributed by atoms with Crippen LogP contribution in [0.1, 0.15) is 51.4 Å². The molecule has 0 aromatic rings. The van der Waals surface area contributed by atoms with E-state index < -0.39 is 0 Å². The summed E-state index contributed by atoms with van der Waals surface area (Å²) in [6.45, 7) is 0.628. The van der Waals surface area contributed by atoms with Crippen molar-refractivity contribution in [3.63, 3.8) is 0 Å². The number of halogens is 1. The maximum absolute atomic E-state index is 11.7. The van der Waals surface area contributed by atoms with Crippen LogP contribution in [-0.4, -0.2) is 19.6 Å². The SMILES string of the molecule is O=CNCCCCCCCCCCF.